The average Bonchev–Trinajstić information content (AvgIpc) is 3.25. The fraction of sp³-hybridized carbons (Fsp3) is 0.0455. The first-order valence-corrected chi connectivity index (χ1v) is 9.61. The first-order valence-electron chi connectivity index (χ1n) is 8.73. The van der Waals surface area contributed by atoms with E-state index in [1.165, 1.54) is 0 Å². The number of hydrogen-bond acceptors (Lipinski definition) is 5. The summed E-state index contributed by atoms with van der Waals surface area (Å²) in [7, 11) is 0. The van der Waals surface area contributed by atoms with Gasteiger partial charge in [0.25, 0.3) is 0 Å². The molecule has 4 rings (SSSR count). The molecular weight excluding hydrogens is 370 g/mol. The highest BCUT2D eigenvalue weighted by molar-refractivity contribution is 7.13. The zero-order chi connectivity index (χ0) is 19.3. The van der Waals surface area contributed by atoms with Crippen LogP contribution in [0.15, 0.2) is 78.3 Å². The van der Waals surface area contributed by atoms with Crippen LogP contribution in [0.2, 0.25) is 0 Å². The van der Waals surface area contributed by atoms with E-state index in [1.54, 1.807) is 41.8 Å². The third kappa shape index (κ3) is 4.07. The molecule has 2 N–H and O–H groups in total. The monoisotopic (exact) mass is 387 g/mol. The van der Waals surface area contributed by atoms with Gasteiger partial charge >= 0.3 is 0 Å². The molecule has 5 nitrogen and oxygen atoms in total. The molecule has 0 fully saturated rings. The Hall–Kier alpha value is -3.51. The number of carbonyl (C=O) groups is 1. The molecule has 0 aliphatic heterocycles. The predicted molar refractivity (Wildman–Crippen MR) is 111 cm³/mol. The van der Waals surface area contributed by atoms with E-state index in [0.717, 1.165) is 21.7 Å². The second kappa shape index (κ2) is 8.02. The minimum absolute atomic E-state index is 0.173. The lowest BCUT2D eigenvalue weighted by molar-refractivity contribution is -0.115. The molecule has 0 radical (unpaired) electrons. The van der Waals surface area contributed by atoms with Crippen molar-refractivity contribution >= 4 is 23.1 Å². The highest BCUT2D eigenvalue weighted by Gasteiger charge is 2.15. The molecule has 0 saturated carbocycles. The van der Waals surface area contributed by atoms with Crippen molar-refractivity contribution in [3.63, 3.8) is 0 Å². The molecule has 1 amide bonds. The van der Waals surface area contributed by atoms with Crippen molar-refractivity contribution in [1.82, 2.24) is 9.97 Å². The zero-order valence-electron chi connectivity index (χ0n) is 14.9. The van der Waals surface area contributed by atoms with Gasteiger partial charge in [-0.2, -0.15) is 0 Å². The number of hydrogen-bond donors (Lipinski definition) is 2. The number of carbonyl (C=O) groups excluding carboxylic acids is 1. The predicted octanol–water partition coefficient (Wildman–Crippen LogP) is 4.76. The molecular formula is C22H17N3O2S. The molecule has 2 aromatic heterocycles. The SMILES string of the molecule is O=C(Cc1ccc(O)cc1)Nc1ncc(-c2ccccc2)nc1-c1cccs1. The highest BCUT2D eigenvalue weighted by Crippen LogP contribution is 2.30. The van der Waals surface area contributed by atoms with Gasteiger partial charge in [0.2, 0.25) is 5.91 Å². The number of phenolic OH excluding ortho intramolecular Hbond substituents is 1. The summed E-state index contributed by atoms with van der Waals surface area (Å²) in [6.07, 6.45) is 1.86. The van der Waals surface area contributed by atoms with E-state index >= 15 is 0 Å². The van der Waals surface area contributed by atoms with Gasteiger partial charge in [0.1, 0.15) is 11.4 Å². The number of benzene rings is 2. The van der Waals surface area contributed by atoms with E-state index in [2.05, 4.69) is 10.3 Å². The topological polar surface area (TPSA) is 75.1 Å². The Bertz CT molecular complexity index is 1080. The van der Waals surface area contributed by atoms with Gasteiger partial charge in [-0.1, -0.05) is 48.5 Å². The lowest BCUT2D eigenvalue weighted by Gasteiger charge is -2.11. The summed E-state index contributed by atoms with van der Waals surface area (Å²) in [4.78, 5) is 22.7. The van der Waals surface area contributed by atoms with Crippen LogP contribution >= 0.6 is 11.3 Å². The molecule has 0 unspecified atom stereocenters. The summed E-state index contributed by atoms with van der Waals surface area (Å²) in [6, 6.07) is 20.3. The average molecular weight is 387 g/mol. The molecule has 2 aromatic carbocycles. The van der Waals surface area contributed by atoms with Crippen LogP contribution in [0, 0.1) is 0 Å². The minimum atomic E-state index is -0.190. The molecule has 138 valence electrons. The third-order valence-corrected chi connectivity index (χ3v) is 5.03. The molecule has 28 heavy (non-hydrogen) atoms. The number of rotatable bonds is 5. The van der Waals surface area contributed by atoms with E-state index in [9.17, 15) is 9.90 Å². The summed E-state index contributed by atoms with van der Waals surface area (Å²) in [5.41, 5.74) is 3.17. The summed E-state index contributed by atoms with van der Waals surface area (Å²) in [5, 5.41) is 14.2. The van der Waals surface area contributed by atoms with Crippen LogP contribution in [0.4, 0.5) is 5.82 Å². The van der Waals surface area contributed by atoms with Gasteiger partial charge in [-0.25, -0.2) is 9.97 Å². The Morgan fingerprint density at radius 1 is 1.00 bits per heavy atom. The number of anilines is 1. The second-order valence-electron chi connectivity index (χ2n) is 6.19. The fourth-order valence-corrected chi connectivity index (χ4v) is 3.50. The maximum absolute atomic E-state index is 12.5. The van der Waals surface area contributed by atoms with Crippen LogP contribution in [0.5, 0.6) is 5.75 Å². The van der Waals surface area contributed by atoms with Gasteiger partial charge in [-0.3, -0.25) is 4.79 Å². The summed E-state index contributed by atoms with van der Waals surface area (Å²) >= 11 is 1.55. The lowest BCUT2D eigenvalue weighted by atomic mass is 10.1. The number of aromatic hydroxyl groups is 1. The van der Waals surface area contributed by atoms with Crippen molar-refractivity contribution in [1.29, 1.82) is 0 Å². The van der Waals surface area contributed by atoms with E-state index < -0.39 is 0 Å². The van der Waals surface area contributed by atoms with Crippen LogP contribution in [0.3, 0.4) is 0 Å². The van der Waals surface area contributed by atoms with Crippen molar-refractivity contribution in [2.24, 2.45) is 0 Å². The van der Waals surface area contributed by atoms with E-state index in [0.29, 0.717) is 11.5 Å². The molecule has 0 spiro atoms. The van der Waals surface area contributed by atoms with Crippen molar-refractivity contribution in [3.8, 4) is 27.6 Å². The maximum Gasteiger partial charge on any atom is 0.230 e. The highest BCUT2D eigenvalue weighted by atomic mass is 32.1. The van der Waals surface area contributed by atoms with Crippen LogP contribution in [-0.4, -0.2) is 21.0 Å². The van der Waals surface area contributed by atoms with Crippen molar-refractivity contribution in [3.05, 3.63) is 83.9 Å². The Morgan fingerprint density at radius 3 is 2.50 bits per heavy atom. The second-order valence-corrected chi connectivity index (χ2v) is 7.13. The largest absolute Gasteiger partial charge is 0.508 e. The molecule has 2 heterocycles. The molecule has 0 aliphatic rings. The van der Waals surface area contributed by atoms with E-state index in [-0.39, 0.29) is 18.1 Å². The summed E-state index contributed by atoms with van der Waals surface area (Å²) in [5.74, 6) is 0.419. The van der Waals surface area contributed by atoms with Gasteiger partial charge in [0.05, 0.1) is 23.2 Å². The third-order valence-electron chi connectivity index (χ3n) is 4.16. The smallest absolute Gasteiger partial charge is 0.230 e. The normalized spacial score (nSPS) is 10.6. The zero-order valence-corrected chi connectivity index (χ0v) is 15.7. The van der Waals surface area contributed by atoms with Crippen molar-refractivity contribution < 1.29 is 9.90 Å². The Morgan fingerprint density at radius 2 is 1.79 bits per heavy atom. The van der Waals surface area contributed by atoms with Gasteiger partial charge in [-0.15, -0.1) is 11.3 Å². The molecule has 0 atom stereocenters. The fourth-order valence-electron chi connectivity index (χ4n) is 2.79. The first-order chi connectivity index (χ1) is 13.7. The lowest BCUT2D eigenvalue weighted by Crippen LogP contribution is -2.16. The van der Waals surface area contributed by atoms with Crippen LogP contribution in [-0.2, 0) is 11.2 Å². The number of nitrogens with zero attached hydrogens (tertiary/aromatic N) is 2. The Labute approximate surface area is 166 Å². The standard InChI is InChI=1S/C22H17N3O2S/c26-17-10-8-15(9-11-17)13-20(27)25-22-21(19-7-4-12-28-19)24-18(14-23-22)16-5-2-1-3-6-16/h1-12,14,26H,13H2,(H,23,25,27). The van der Waals surface area contributed by atoms with Crippen LogP contribution in [0.1, 0.15) is 5.56 Å². The van der Waals surface area contributed by atoms with Gasteiger partial charge in [-0.05, 0) is 29.1 Å². The van der Waals surface area contributed by atoms with Gasteiger partial charge in [0, 0.05) is 5.56 Å². The van der Waals surface area contributed by atoms with Crippen molar-refractivity contribution in [2.75, 3.05) is 5.32 Å². The maximum atomic E-state index is 12.5. The van der Waals surface area contributed by atoms with E-state index in [4.69, 9.17) is 4.98 Å². The Balaban J connectivity index is 1.62. The van der Waals surface area contributed by atoms with Gasteiger partial charge < -0.3 is 10.4 Å². The number of amides is 1. The molecule has 4 aromatic rings. The van der Waals surface area contributed by atoms with Gasteiger partial charge in [0.15, 0.2) is 5.82 Å². The molecule has 0 bridgehead atoms. The van der Waals surface area contributed by atoms with Crippen molar-refractivity contribution in [2.45, 2.75) is 6.42 Å². The van der Waals surface area contributed by atoms with E-state index in [1.807, 2.05) is 47.8 Å². The molecule has 6 heteroatoms. The molecule has 0 saturated heterocycles. The Kier molecular flexibility index (Phi) is 5.12. The van der Waals surface area contributed by atoms with Crippen LogP contribution < -0.4 is 5.32 Å². The number of nitrogens with one attached hydrogen (secondary N) is 1. The summed E-state index contributed by atoms with van der Waals surface area (Å²) < 4.78 is 0. The number of phenols is 1. The number of thiophene rings is 1. The quantitative estimate of drug-likeness (QED) is 0.518. The summed E-state index contributed by atoms with van der Waals surface area (Å²) in [6.45, 7) is 0. The minimum Gasteiger partial charge on any atom is -0.508 e. The first kappa shape index (κ1) is 17.9. The molecule has 0 aliphatic carbocycles. The number of aromatic nitrogens is 2. The van der Waals surface area contributed by atoms with Crippen LogP contribution in [0.25, 0.3) is 21.8 Å².